The molecule has 6 heteroatoms. The molecule has 3 rings (SSSR count). The fraction of sp³-hybridized carbons (Fsp3) is 0.421. The van der Waals surface area contributed by atoms with Crippen molar-refractivity contribution in [3.05, 3.63) is 35.4 Å². The minimum Gasteiger partial charge on any atom is -0.370 e. The van der Waals surface area contributed by atoms with Crippen LogP contribution in [0.3, 0.4) is 0 Å². The van der Waals surface area contributed by atoms with Crippen molar-refractivity contribution in [1.29, 1.82) is 0 Å². The Morgan fingerprint density at radius 3 is 2.88 bits per heavy atom. The molecule has 132 valence electrons. The first-order chi connectivity index (χ1) is 12.0. The summed E-state index contributed by atoms with van der Waals surface area (Å²) in [5.41, 5.74) is 10.2. The highest BCUT2D eigenvalue weighted by molar-refractivity contribution is 5.78. The summed E-state index contributed by atoms with van der Waals surface area (Å²) in [7, 11) is 0. The summed E-state index contributed by atoms with van der Waals surface area (Å²) in [6.45, 7) is 6.59. The Hall–Kier alpha value is -2.63. The van der Waals surface area contributed by atoms with E-state index in [0.29, 0.717) is 6.42 Å². The van der Waals surface area contributed by atoms with E-state index in [9.17, 15) is 4.79 Å². The number of nitrogens with one attached hydrogen (secondary N) is 1. The van der Waals surface area contributed by atoms with Crippen molar-refractivity contribution in [2.24, 2.45) is 0 Å². The molecule has 0 unspecified atom stereocenters. The number of hydrogen-bond donors (Lipinski definition) is 2. The van der Waals surface area contributed by atoms with Gasteiger partial charge in [-0.3, -0.25) is 4.79 Å². The molecule has 2 heterocycles. The van der Waals surface area contributed by atoms with Crippen LogP contribution in [0, 0.1) is 13.8 Å². The van der Waals surface area contributed by atoms with Gasteiger partial charge in [0, 0.05) is 37.7 Å². The number of carbonyl (C=O) groups is 1. The third-order valence-corrected chi connectivity index (χ3v) is 4.71. The zero-order valence-corrected chi connectivity index (χ0v) is 14.9. The average Bonchev–Trinajstić information content (AvgIpc) is 2.99. The minimum absolute atomic E-state index is 0.260. The van der Waals surface area contributed by atoms with E-state index in [0.717, 1.165) is 49.6 Å². The molecule has 25 heavy (non-hydrogen) atoms. The zero-order valence-electron chi connectivity index (χ0n) is 14.9. The van der Waals surface area contributed by atoms with Crippen molar-refractivity contribution in [2.75, 3.05) is 30.7 Å². The molecule has 1 aromatic heterocycles. The lowest BCUT2D eigenvalue weighted by Crippen LogP contribution is -2.27. The minimum atomic E-state index is 0.260. The first kappa shape index (κ1) is 17.2. The summed E-state index contributed by atoms with van der Waals surface area (Å²) in [6.07, 6.45) is 2.55. The van der Waals surface area contributed by atoms with Crippen LogP contribution in [0.15, 0.2) is 24.3 Å². The molecule has 0 spiro atoms. The number of nitrogens with zero attached hydrogens (tertiary/aromatic N) is 3. The van der Waals surface area contributed by atoms with Crippen molar-refractivity contribution in [3.8, 4) is 11.3 Å². The van der Waals surface area contributed by atoms with Gasteiger partial charge in [-0.25, -0.2) is 4.98 Å². The first-order valence-electron chi connectivity index (χ1n) is 8.77. The van der Waals surface area contributed by atoms with Gasteiger partial charge in [-0.15, -0.1) is 0 Å². The Morgan fingerprint density at radius 2 is 2.12 bits per heavy atom. The second-order valence-electron chi connectivity index (χ2n) is 6.51. The van der Waals surface area contributed by atoms with Crippen LogP contribution in [-0.4, -0.2) is 40.4 Å². The number of likely N-dealkylation sites (tertiary alicyclic amines) is 1. The summed E-state index contributed by atoms with van der Waals surface area (Å²) in [6, 6.07) is 8.09. The van der Waals surface area contributed by atoms with E-state index in [4.69, 9.17) is 5.73 Å². The monoisotopic (exact) mass is 339 g/mol. The van der Waals surface area contributed by atoms with Gasteiger partial charge in [0.1, 0.15) is 5.82 Å². The fourth-order valence-corrected chi connectivity index (χ4v) is 3.15. The van der Waals surface area contributed by atoms with E-state index in [-0.39, 0.29) is 11.9 Å². The van der Waals surface area contributed by atoms with Crippen molar-refractivity contribution >= 4 is 17.7 Å². The van der Waals surface area contributed by atoms with E-state index in [1.807, 2.05) is 23.1 Å². The van der Waals surface area contributed by atoms with Crippen molar-refractivity contribution in [1.82, 2.24) is 14.9 Å². The van der Waals surface area contributed by atoms with Gasteiger partial charge in [0.25, 0.3) is 0 Å². The van der Waals surface area contributed by atoms with Gasteiger partial charge in [0.2, 0.25) is 11.9 Å². The molecule has 0 bridgehead atoms. The lowest BCUT2D eigenvalue weighted by Gasteiger charge is -2.15. The third-order valence-electron chi connectivity index (χ3n) is 4.71. The highest BCUT2D eigenvalue weighted by Gasteiger charge is 2.19. The summed E-state index contributed by atoms with van der Waals surface area (Å²) in [5.74, 6) is 1.25. The molecule has 0 radical (unpaired) electrons. The SMILES string of the molecule is Cc1cccc(-c2cc(NCCCN3CCCC3=O)nc(N)n2)c1C. The predicted molar refractivity (Wildman–Crippen MR) is 100 cm³/mol. The molecule has 2 aromatic rings. The molecule has 1 fully saturated rings. The molecule has 1 aromatic carbocycles. The molecule has 0 atom stereocenters. The van der Waals surface area contributed by atoms with Crippen LogP contribution >= 0.6 is 0 Å². The first-order valence-corrected chi connectivity index (χ1v) is 8.77. The van der Waals surface area contributed by atoms with Crippen molar-refractivity contribution in [2.45, 2.75) is 33.1 Å². The maximum absolute atomic E-state index is 11.6. The lowest BCUT2D eigenvalue weighted by atomic mass is 10.0. The van der Waals surface area contributed by atoms with E-state index in [2.05, 4.69) is 35.2 Å². The van der Waals surface area contributed by atoms with Crippen LogP contribution in [0.4, 0.5) is 11.8 Å². The lowest BCUT2D eigenvalue weighted by molar-refractivity contribution is -0.127. The molecule has 0 saturated carbocycles. The Balaban J connectivity index is 1.65. The van der Waals surface area contributed by atoms with Gasteiger partial charge < -0.3 is 16.0 Å². The molecular formula is C19H25N5O. The normalized spacial score (nSPS) is 14.2. The van der Waals surface area contributed by atoms with Crippen LogP contribution in [-0.2, 0) is 4.79 Å². The maximum Gasteiger partial charge on any atom is 0.222 e. The van der Waals surface area contributed by atoms with Crippen LogP contribution in [0.5, 0.6) is 0 Å². The summed E-state index contributed by atoms with van der Waals surface area (Å²) in [5, 5.41) is 3.30. The van der Waals surface area contributed by atoms with Crippen molar-refractivity contribution < 1.29 is 4.79 Å². The van der Waals surface area contributed by atoms with E-state index in [1.165, 1.54) is 11.1 Å². The van der Waals surface area contributed by atoms with E-state index in [1.54, 1.807) is 0 Å². The zero-order chi connectivity index (χ0) is 17.8. The summed E-state index contributed by atoms with van der Waals surface area (Å²) >= 11 is 0. The topological polar surface area (TPSA) is 84.1 Å². The van der Waals surface area contributed by atoms with Crippen LogP contribution in [0.2, 0.25) is 0 Å². The Labute approximate surface area is 148 Å². The smallest absolute Gasteiger partial charge is 0.222 e. The second kappa shape index (κ2) is 7.51. The number of aromatic nitrogens is 2. The fourth-order valence-electron chi connectivity index (χ4n) is 3.15. The molecular weight excluding hydrogens is 314 g/mol. The number of nitrogen functional groups attached to an aromatic ring is 1. The van der Waals surface area contributed by atoms with Crippen molar-refractivity contribution in [3.63, 3.8) is 0 Å². The third kappa shape index (κ3) is 4.07. The number of aryl methyl sites for hydroxylation is 1. The Bertz CT molecular complexity index is 774. The number of carbonyl (C=O) groups excluding carboxylic acids is 1. The second-order valence-corrected chi connectivity index (χ2v) is 6.51. The van der Waals surface area contributed by atoms with Crippen LogP contribution < -0.4 is 11.1 Å². The molecule has 1 saturated heterocycles. The molecule has 6 nitrogen and oxygen atoms in total. The molecule has 0 aliphatic carbocycles. The standard InChI is InChI=1S/C19H25N5O/c1-13-6-3-7-15(14(13)2)16-12-17(23-19(20)22-16)21-9-5-11-24-10-4-8-18(24)25/h3,6-7,12H,4-5,8-11H2,1-2H3,(H3,20,21,22,23). The number of amides is 1. The van der Waals surface area contributed by atoms with E-state index < -0.39 is 0 Å². The highest BCUT2D eigenvalue weighted by Crippen LogP contribution is 2.26. The summed E-state index contributed by atoms with van der Waals surface area (Å²) < 4.78 is 0. The maximum atomic E-state index is 11.6. The highest BCUT2D eigenvalue weighted by atomic mass is 16.2. The number of hydrogen-bond acceptors (Lipinski definition) is 5. The van der Waals surface area contributed by atoms with Crippen LogP contribution in [0.1, 0.15) is 30.4 Å². The quantitative estimate of drug-likeness (QED) is 0.791. The van der Waals surface area contributed by atoms with Crippen LogP contribution in [0.25, 0.3) is 11.3 Å². The Kier molecular flexibility index (Phi) is 5.16. The van der Waals surface area contributed by atoms with Gasteiger partial charge in [-0.05, 0) is 37.8 Å². The number of anilines is 2. The molecule has 1 aliphatic rings. The number of rotatable bonds is 6. The summed E-state index contributed by atoms with van der Waals surface area (Å²) in [4.78, 5) is 22.2. The van der Waals surface area contributed by atoms with E-state index >= 15 is 0 Å². The average molecular weight is 339 g/mol. The van der Waals surface area contributed by atoms with Gasteiger partial charge in [0.15, 0.2) is 0 Å². The van der Waals surface area contributed by atoms with Gasteiger partial charge in [-0.2, -0.15) is 4.98 Å². The Morgan fingerprint density at radius 1 is 1.28 bits per heavy atom. The molecule has 3 N–H and O–H groups in total. The number of benzene rings is 1. The molecule has 1 aliphatic heterocycles. The predicted octanol–water partition coefficient (Wildman–Crippen LogP) is 2.77. The van der Waals surface area contributed by atoms with Gasteiger partial charge >= 0.3 is 0 Å². The number of nitrogens with two attached hydrogens (primary N) is 1. The van der Waals surface area contributed by atoms with Gasteiger partial charge in [0.05, 0.1) is 5.69 Å². The largest absolute Gasteiger partial charge is 0.370 e. The van der Waals surface area contributed by atoms with Gasteiger partial charge in [-0.1, -0.05) is 18.2 Å². The molecule has 1 amide bonds.